The number of carbonyl (C=O) groups is 3. The lowest BCUT2D eigenvalue weighted by Crippen LogP contribution is -2.53. The largest absolute Gasteiger partial charge is 0.353 e. The molecule has 3 amide bonds. The highest BCUT2D eigenvalue weighted by molar-refractivity contribution is 5.91. The Morgan fingerprint density at radius 3 is 2.37 bits per heavy atom. The van der Waals surface area contributed by atoms with Crippen LogP contribution in [0.4, 0.5) is 0 Å². The molecular formula is C23H30N4O3. The average molecular weight is 411 g/mol. The Balaban J connectivity index is 1.42. The molecule has 1 fully saturated rings. The number of nitrogens with zero attached hydrogens (tertiary/aromatic N) is 2. The first-order valence-electron chi connectivity index (χ1n) is 10.4. The van der Waals surface area contributed by atoms with Gasteiger partial charge in [0.05, 0.1) is 19.5 Å². The number of rotatable bonds is 7. The number of piperazine rings is 1. The topological polar surface area (TPSA) is 81.8 Å². The Kier molecular flexibility index (Phi) is 7.41. The van der Waals surface area contributed by atoms with Gasteiger partial charge < -0.3 is 15.5 Å². The minimum Gasteiger partial charge on any atom is -0.353 e. The molecule has 7 heteroatoms. The third-order valence-corrected chi connectivity index (χ3v) is 5.21. The molecule has 0 aromatic heterocycles. The number of hydrogen-bond acceptors (Lipinski definition) is 4. The lowest BCUT2D eigenvalue weighted by molar-refractivity contribution is -0.134. The summed E-state index contributed by atoms with van der Waals surface area (Å²) in [5.41, 5.74) is 0.950. The van der Waals surface area contributed by atoms with Crippen molar-refractivity contribution in [2.75, 3.05) is 39.3 Å². The highest BCUT2D eigenvalue weighted by atomic mass is 16.2. The van der Waals surface area contributed by atoms with Crippen LogP contribution < -0.4 is 10.6 Å². The summed E-state index contributed by atoms with van der Waals surface area (Å²) < 4.78 is 0. The molecule has 1 saturated heterocycles. The zero-order valence-corrected chi connectivity index (χ0v) is 17.7. The minimum atomic E-state index is -0.163. The van der Waals surface area contributed by atoms with Crippen LogP contribution in [0.3, 0.4) is 0 Å². The van der Waals surface area contributed by atoms with E-state index in [4.69, 9.17) is 0 Å². The molecule has 0 atom stereocenters. The summed E-state index contributed by atoms with van der Waals surface area (Å²) in [6.07, 6.45) is 0.243. The van der Waals surface area contributed by atoms with Gasteiger partial charge >= 0.3 is 0 Å². The van der Waals surface area contributed by atoms with Gasteiger partial charge in [-0.2, -0.15) is 0 Å². The molecule has 0 bridgehead atoms. The Bertz CT molecular complexity index is 899. The van der Waals surface area contributed by atoms with Gasteiger partial charge in [-0.3, -0.25) is 19.3 Å². The van der Waals surface area contributed by atoms with Crippen molar-refractivity contribution in [3.8, 4) is 0 Å². The maximum Gasteiger partial charge on any atom is 0.242 e. The quantitative estimate of drug-likeness (QED) is 0.718. The summed E-state index contributed by atoms with van der Waals surface area (Å²) in [7, 11) is 0. The summed E-state index contributed by atoms with van der Waals surface area (Å²) in [5.74, 6) is -0.248. The van der Waals surface area contributed by atoms with Crippen LogP contribution in [-0.2, 0) is 20.8 Å². The van der Waals surface area contributed by atoms with Crippen LogP contribution in [0, 0.1) is 0 Å². The first kappa shape index (κ1) is 21.8. The highest BCUT2D eigenvalue weighted by Crippen LogP contribution is 2.18. The van der Waals surface area contributed by atoms with E-state index in [1.807, 2.05) is 61.2 Å². The van der Waals surface area contributed by atoms with Gasteiger partial charge in [-0.1, -0.05) is 42.5 Å². The van der Waals surface area contributed by atoms with E-state index in [-0.39, 0.29) is 36.7 Å². The zero-order chi connectivity index (χ0) is 21.5. The number of carbonyl (C=O) groups excluding carboxylic acids is 3. The standard InChI is InChI=1S/C23H30N4O3/c1-17(2)25-22(29)16-26-10-12-27(13-11-26)23(30)15-24-21(28)14-19-8-5-7-18-6-3-4-9-20(18)19/h3-9,17H,10-16H2,1-2H3,(H,24,28)(H,25,29). The van der Waals surface area contributed by atoms with Gasteiger partial charge in [0, 0.05) is 32.2 Å². The Morgan fingerprint density at radius 1 is 0.933 bits per heavy atom. The predicted molar refractivity (Wildman–Crippen MR) is 117 cm³/mol. The Labute approximate surface area is 177 Å². The van der Waals surface area contributed by atoms with Crippen LogP contribution >= 0.6 is 0 Å². The molecule has 2 aromatic rings. The molecule has 3 rings (SSSR count). The SMILES string of the molecule is CC(C)NC(=O)CN1CCN(C(=O)CNC(=O)Cc2cccc3ccccc23)CC1. The first-order chi connectivity index (χ1) is 14.4. The second-order valence-electron chi connectivity index (χ2n) is 7.97. The molecule has 2 N–H and O–H groups in total. The van der Waals surface area contributed by atoms with Crippen LogP contribution in [0.5, 0.6) is 0 Å². The lowest BCUT2D eigenvalue weighted by atomic mass is 10.0. The van der Waals surface area contributed by atoms with Crippen molar-refractivity contribution < 1.29 is 14.4 Å². The van der Waals surface area contributed by atoms with E-state index in [0.29, 0.717) is 32.7 Å². The second kappa shape index (κ2) is 10.2. The summed E-state index contributed by atoms with van der Waals surface area (Å²) in [4.78, 5) is 40.5. The first-order valence-corrected chi connectivity index (χ1v) is 10.4. The lowest BCUT2D eigenvalue weighted by Gasteiger charge is -2.34. The van der Waals surface area contributed by atoms with Crippen LogP contribution in [0.25, 0.3) is 10.8 Å². The summed E-state index contributed by atoms with van der Waals surface area (Å²) in [6, 6.07) is 14.0. The number of benzene rings is 2. The number of hydrogen-bond donors (Lipinski definition) is 2. The van der Waals surface area contributed by atoms with Gasteiger partial charge in [0.2, 0.25) is 17.7 Å². The molecular weight excluding hydrogens is 380 g/mol. The van der Waals surface area contributed by atoms with E-state index >= 15 is 0 Å². The number of amides is 3. The molecule has 0 radical (unpaired) electrons. The van der Waals surface area contributed by atoms with Gasteiger partial charge in [-0.15, -0.1) is 0 Å². The molecule has 1 heterocycles. The van der Waals surface area contributed by atoms with Crippen LogP contribution in [-0.4, -0.2) is 72.8 Å². The van der Waals surface area contributed by atoms with Gasteiger partial charge in [-0.05, 0) is 30.2 Å². The summed E-state index contributed by atoms with van der Waals surface area (Å²) >= 11 is 0. The van der Waals surface area contributed by atoms with E-state index in [1.165, 1.54) is 0 Å². The fourth-order valence-electron chi connectivity index (χ4n) is 3.69. The predicted octanol–water partition coefficient (Wildman–Crippen LogP) is 1.17. The fraction of sp³-hybridized carbons (Fsp3) is 0.435. The third-order valence-electron chi connectivity index (χ3n) is 5.21. The molecule has 7 nitrogen and oxygen atoms in total. The highest BCUT2D eigenvalue weighted by Gasteiger charge is 2.22. The Morgan fingerprint density at radius 2 is 1.63 bits per heavy atom. The zero-order valence-electron chi connectivity index (χ0n) is 17.7. The number of fused-ring (bicyclic) bond motifs is 1. The minimum absolute atomic E-state index is 0.00254. The molecule has 2 aromatic carbocycles. The van der Waals surface area contributed by atoms with Gasteiger partial charge in [0.1, 0.15) is 0 Å². The van der Waals surface area contributed by atoms with Crippen molar-refractivity contribution in [2.45, 2.75) is 26.3 Å². The van der Waals surface area contributed by atoms with E-state index in [0.717, 1.165) is 16.3 Å². The smallest absolute Gasteiger partial charge is 0.242 e. The molecule has 0 saturated carbocycles. The van der Waals surface area contributed by atoms with Gasteiger partial charge in [-0.25, -0.2) is 0 Å². The second-order valence-corrected chi connectivity index (χ2v) is 7.97. The van der Waals surface area contributed by atoms with E-state index in [1.54, 1.807) is 4.90 Å². The molecule has 30 heavy (non-hydrogen) atoms. The summed E-state index contributed by atoms with van der Waals surface area (Å²) in [5, 5.41) is 7.78. The monoisotopic (exact) mass is 410 g/mol. The third kappa shape index (κ3) is 6.03. The van der Waals surface area contributed by atoms with E-state index in [9.17, 15) is 14.4 Å². The molecule has 1 aliphatic heterocycles. The number of nitrogens with one attached hydrogen (secondary N) is 2. The van der Waals surface area contributed by atoms with Gasteiger partial charge in [0.25, 0.3) is 0 Å². The normalized spacial score (nSPS) is 14.7. The van der Waals surface area contributed by atoms with Crippen LogP contribution in [0.15, 0.2) is 42.5 Å². The maximum absolute atomic E-state index is 12.5. The van der Waals surface area contributed by atoms with Crippen molar-refractivity contribution in [3.05, 3.63) is 48.0 Å². The molecule has 0 spiro atoms. The van der Waals surface area contributed by atoms with Crippen molar-refractivity contribution in [3.63, 3.8) is 0 Å². The van der Waals surface area contributed by atoms with Crippen molar-refractivity contribution >= 4 is 28.5 Å². The maximum atomic E-state index is 12.5. The fourth-order valence-corrected chi connectivity index (χ4v) is 3.69. The molecule has 0 unspecified atom stereocenters. The van der Waals surface area contributed by atoms with Crippen molar-refractivity contribution in [2.24, 2.45) is 0 Å². The summed E-state index contributed by atoms with van der Waals surface area (Å²) in [6.45, 7) is 6.65. The molecule has 160 valence electrons. The Hall–Kier alpha value is -2.93. The van der Waals surface area contributed by atoms with E-state index < -0.39 is 0 Å². The van der Waals surface area contributed by atoms with E-state index in [2.05, 4.69) is 10.6 Å². The average Bonchev–Trinajstić information content (AvgIpc) is 2.72. The van der Waals surface area contributed by atoms with Crippen molar-refractivity contribution in [1.29, 1.82) is 0 Å². The molecule has 1 aliphatic rings. The van der Waals surface area contributed by atoms with Crippen LogP contribution in [0.1, 0.15) is 19.4 Å². The van der Waals surface area contributed by atoms with Crippen LogP contribution in [0.2, 0.25) is 0 Å². The molecule has 0 aliphatic carbocycles. The van der Waals surface area contributed by atoms with Crippen molar-refractivity contribution in [1.82, 2.24) is 20.4 Å². The van der Waals surface area contributed by atoms with Gasteiger partial charge in [0.15, 0.2) is 0 Å².